The normalized spacial score (nSPS) is 12.1. The summed E-state index contributed by atoms with van der Waals surface area (Å²) in [5.74, 6) is 0. The SMILES string of the molecule is Cc1n[nH]c(C)c1C(NC(N)=O)c1ccccc1. The third-order valence-corrected chi connectivity index (χ3v) is 2.89. The Hall–Kier alpha value is -2.30. The molecule has 1 aromatic carbocycles. The number of nitrogens with zero attached hydrogens (tertiary/aromatic N) is 1. The second kappa shape index (κ2) is 4.91. The van der Waals surface area contributed by atoms with Gasteiger partial charge in [-0.2, -0.15) is 5.10 Å². The number of primary amides is 1. The van der Waals surface area contributed by atoms with Crippen LogP contribution < -0.4 is 11.1 Å². The molecular weight excluding hydrogens is 228 g/mol. The molecule has 0 saturated heterocycles. The van der Waals surface area contributed by atoms with Gasteiger partial charge in [0.05, 0.1) is 11.7 Å². The van der Waals surface area contributed by atoms with Crippen LogP contribution in [0.25, 0.3) is 0 Å². The van der Waals surface area contributed by atoms with Crippen molar-refractivity contribution >= 4 is 6.03 Å². The first-order valence-corrected chi connectivity index (χ1v) is 5.72. The number of aryl methyl sites for hydroxylation is 2. The van der Waals surface area contributed by atoms with E-state index < -0.39 is 6.03 Å². The number of rotatable bonds is 3. The van der Waals surface area contributed by atoms with Gasteiger partial charge in [-0.3, -0.25) is 5.10 Å². The average molecular weight is 244 g/mol. The van der Waals surface area contributed by atoms with Crippen LogP contribution in [0.2, 0.25) is 0 Å². The number of hydrogen-bond donors (Lipinski definition) is 3. The third kappa shape index (κ3) is 2.34. The van der Waals surface area contributed by atoms with Gasteiger partial charge in [-0.05, 0) is 19.4 Å². The zero-order valence-electron chi connectivity index (χ0n) is 10.4. The van der Waals surface area contributed by atoms with E-state index in [0.29, 0.717) is 0 Å². The molecule has 1 unspecified atom stereocenters. The Bertz CT molecular complexity index is 528. The van der Waals surface area contributed by atoms with Gasteiger partial charge in [0.15, 0.2) is 0 Å². The number of H-pyrrole nitrogens is 1. The molecule has 2 aromatic rings. The van der Waals surface area contributed by atoms with Crippen molar-refractivity contribution in [3.05, 3.63) is 52.8 Å². The molecule has 2 rings (SSSR count). The van der Waals surface area contributed by atoms with Gasteiger partial charge in [-0.25, -0.2) is 4.79 Å². The summed E-state index contributed by atoms with van der Waals surface area (Å²) in [6.07, 6.45) is 0. The summed E-state index contributed by atoms with van der Waals surface area (Å²) in [4.78, 5) is 11.2. The van der Waals surface area contributed by atoms with Crippen molar-refractivity contribution in [2.24, 2.45) is 5.73 Å². The molecule has 4 N–H and O–H groups in total. The lowest BCUT2D eigenvalue weighted by atomic mass is 9.97. The maximum atomic E-state index is 11.2. The van der Waals surface area contributed by atoms with E-state index in [1.54, 1.807) is 0 Å². The first-order chi connectivity index (χ1) is 8.59. The molecular formula is C13H16N4O. The van der Waals surface area contributed by atoms with Crippen LogP contribution >= 0.6 is 0 Å². The van der Waals surface area contributed by atoms with E-state index >= 15 is 0 Å². The molecule has 0 radical (unpaired) electrons. The molecule has 0 spiro atoms. The summed E-state index contributed by atoms with van der Waals surface area (Å²) >= 11 is 0. The smallest absolute Gasteiger partial charge is 0.312 e. The minimum Gasteiger partial charge on any atom is -0.352 e. The van der Waals surface area contributed by atoms with E-state index in [4.69, 9.17) is 5.73 Å². The van der Waals surface area contributed by atoms with E-state index in [2.05, 4.69) is 15.5 Å². The van der Waals surface area contributed by atoms with Crippen LogP contribution in [0.4, 0.5) is 4.79 Å². The van der Waals surface area contributed by atoms with Crippen molar-refractivity contribution < 1.29 is 4.79 Å². The van der Waals surface area contributed by atoms with E-state index in [9.17, 15) is 4.79 Å². The number of urea groups is 1. The molecule has 0 aliphatic carbocycles. The van der Waals surface area contributed by atoms with Crippen molar-refractivity contribution in [1.82, 2.24) is 15.5 Å². The highest BCUT2D eigenvalue weighted by molar-refractivity contribution is 5.73. The van der Waals surface area contributed by atoms with E-state index in [1.165, 1.54) is 0 Å². The van der Waals surface area contributed by atoms with Gasteiger partial charge < -0.3 is 11.1 Å². The lowest BCUT2D eigenvalue weighted by Gasteiger charge is -2.18. The summed E-state index contributed by atoms with van der Waals surface area (Å²) in [5, 5.41) is 9.83. The highest BCUT2D eigenvalue weighted by atomic mass is 16.2. The number of aromatic nitrogens is 2. The minimum atomic E-state index is -0.552. The van der Waals surface area contributed by atoms with E-state index in [-0.39, 0.29) is 6.04 Å². The molecule has 1 atom stereocenters. The van der Waals surface area contributed by atoms with Gasteiger partial charge >= 0.3 is 6.03 Å². The van der Waals surface area contributed by atoms with E-state index in [1.807, 2.05) is 44.2 Å². The Morgan fingerprint density at radius 3 is 2.50 bits per heavy atom. The Labute approximate surface area is 105 Å². The van der Waals surface area contributed by atoms with Crippen molar-refractivity contribution in [3.63, 3.8) is 0 Å². The second-order valence-corrected chi connectivity index (χ2v) is 4.20. The highest BCUT2D eigenvalue weighted by Gasteiger charge is 2.21. The predicted octanol–water partition coefficient (Wildman–Crippen LogP) is 1.78. The van der Waals surface area contributed by atoms with Crippen molar-refractivity contribution in [2.45, 2.75) is 19.9 Å². The number of aromatic amines is 1. The van der Waals surface area contributed by atoms with Crippen LogP contribution in [0.3, 0.4) is 0 Å². The number of carbonyl (C=O) groups is 1. The lowest BCUT2D eigenvalue weighted by molar-refractivity contribution is 0.247. The Morgan fingerprint density at radius 1 is 1.33 bits per heavy atom. The number of amides is 2. The molecule has 0 bridgehead atoms. The Kier molecular flexibility index (Phi) is 3.32. The van der Waals surface area contributed by atoms with Crippen LogP contribution in [0.1, 0.15) is 28.6 Å². The molecule has 0 saturated carbocycles. The summed E-state index contributed by atoms with van der Waals surface area (Å²) < 4.78 is 0. The average Bonchev–Trinajstić information content (AvgIpc) is 2.67. The lowest BCUT2D eigenvalue weighted by Crippen LogP contribution is -2.34. The molecule has 94 valence electrons. The predicted molar refractivity (Wildman–Crippen MR) is 69.1 cm³/mol. The molecule has 2 amide bonds. The minimum absolute atomic E-state index is 0.276. The van der Waals surface area contributed by atoms with Crippen LogP contribution in [0.15, 0.2) is 30.3 Å². The molecule has 1 heterocycles. The first kappa shape index (κ1) is 12.2. The number of benzene rings is 1. The molecule has 0 fully saturated rings. The molecule has 5 heteroatoms. The highest BCUT2D eigenvalue weighted by Crippen LogP contribution is 2.26. The maximum Gasteiger partial charge on any atom is 0.312 e. The van der Waals surface area contributed by atoms with Crippen LogP contribution in [0, 0.1) is 13.8 Å². The maximum absolute atomic E-state index is 11.2. The van der Waals surface area contributed by atoms with Crippen molar-refractivity contribution in [2.75, 3.05) is 0 Å². The summed E-state index contributed by atoms with van der Waals surface area (Å²) in [7, 11) is 0. The monoisotopic (exact) mass is 244 g/mol. The topological polar surface area (TPSA) is 83.8 Å². The molecule has 0 aliphatic heterocycles. The molecule has 18 heavy (non-hydrogen) atoms. The fourth-order valence-electron chi connectivity index (χ4n) is 2.09. The van der Waals surface area contributed by atoms with Crippen molar-refractivity contribution in [3.8, 4) is 0 Å². The second-order valence-electron chi connectivity index (χ2n) is 4.20. The van der Waals surface area contributed by atoms with Crippen LogP contribution in [-0.2, 0) is 0 Å². The van der Waals surface area contributed by atoms with Crippen molar-refractivity contribution in [1.29, 1.82) is 0 Å². The number of nitrogens with two attached hydrogens (primary N) is 1. The number of carbonyl (C=O) groups excluding carboxylic acids is 1. The van der Waals surface area contributed by atoms with Gasteiger partial charge in [0.1, 0.15) is 0 Å². The molecule has 5 nitrogen and oxygen atoms in total. The zero-order chi connectivity index (χ0) is 13.1. The van der Waals surface area contributed by atoms with Crippen LogP contribution in [0.5, 0.6) is 0 Å². The van der Waals surface area contributed by atoms with Crippen LogP contribution in [-0.4, -0.2) is 16.2 Å². The Balaban J connectivity index is 2.47. The van der Waals surface area contributed by atoms with Gasteiger partial charge in [0.25, 0.3) is 0 Å². The number of nitrogens with one attached hydrogen (secondary N) is 2. The number of hydrogen-bond acceptors (Lipinski definition) is 2. The molecule has 1 aromatic heterocycles. The standard InChI is InChI=1S/C13H16N4O/c1-8-11(9(2)17-16-8)12(15-13(14)18)10-6-4-3-5-7-10/h3-7,12H,1-2H3,(H,16,17)(H3,14,15,18). The van der Waals surface area contributed by atoms with Gasteiger partial charge in [0, 0.05) is 11.3 Å². The largest absolute Gasteiger partial charge is 0.352 e. The van der Waals surface area contributed by atoms with Gasteiger partial charge in [-0.1, -0.05) is 30.3 Å². The summed E-state index contributed by atoms with van der Waals surface area (Å²) in [5.41, 5.74) is 8.97. The molecule has 0 aliphatic rings. The fraction of sp³-hybridized carbons (Fsp3) is 0.231. The van der Waals surface area contributed by atoms with Gasteiger partial charge in [0.2, 0.25) is 0 Å². The van der Waals surface area contributed by atoms with Gasteiger partial charge in [-0.15, -0.1) is 0 Å². The zero-order valence-corrected chi connectivity index (χ0v) is 10.4. The first-order valence-electron chi connectivity index (χ1n) is 5.72. The summed E-state index contributed by atoms with van der Waals surface area (Å²) in [6, 6.07) is 8.86. The third-order valence-electron chi connectivity index (χ3n) is 2.89. The summed E-state index contributed by atoms with van der Waals surface area (Å²) in [6.45, 7) is 3.82. The Morgan fingerprint density at radius 2 is 2.00 bits per heavy atom. The quantitative estimate of drug-likeness (QED) is 0.769. The fourth-order valence-corrected chi connectivity index (χ4v) is 2.09. The van der Waals surface area contributed by atoms with E-state index in [0.717, 1.165) is 22.5 Å².